The van der Waals surface area contributed by atoms with Crippen LogP contribution in [0.3, 0.4) is 0 Å². The van der Waals surface area contributed by atoms with Crippen LogP contribution in [0.25, 0.3) is 22.7 Å². The molecule has 3 heterocycles. The molecule has 6 heteroatoms. The van der Waals surface area contributed by atoms with Gasteiger partial charge in [-0.15, -0.1) is 0 Å². The predicted octanol–water partition coefficient (Wildman–Crippen LogP) is 3.27. The Morgan fingerprint density at radius 1 is 1.18 bits per heavy atom. The van der Waals surface area contributed by atoms with E-state index in [1.807, 2.05) is 42.5 Å². The normalized spacial score (nSPS) is 24.6. The molecule has 1 aromatic heterocycles. The summed E-state index contributed by atoms with van der Waals surface area (Å²) in [5.74, 6) is 1.05. The Morgan fingerprint density at radius 2 is 2.04 bits per heavy atom. The van der Waals surface area contributed by atoms with Crippen molar-refractivity contribution < 1.29 is 14.3 Å². The van der Waals surface area contributed by atoms with Crippen LogP contribution >= 0.6 is 0 Å². The zero-order chi connectivity index (χ0) is 19.3. The molecule has 3 atom stereocenters. The monoisotopic (exact) mass is 377 g/mol. The second-order valence-electron chi connectivity index (χ2n) is 7.59. The summed E-state index contributed by atoms with van der Waals surface area (Å²) < 4.78 is 11.6. The fourth-order valence-corrected chi connectivity index (χ4v) is 3.89. The van der Waals surface area contributed by atoms with Crippen LogP contribution in [0.1, 0.15) is 25.3 Å². The largest absolute Gasteiger partial charge is 0.460 e. The van der Waals surface area contributed by atoms with Gasteiger partial charge in [-0.05, 0) is 44.2 Å². The first-order valence-electron chi connectivity index (χ1n) is 9.65. The summed E-state index contributed by atoms with van der Waals surface area (Å²) in [6, 6.07) is 14.5. The molecule has 5 rings (SSSR count). The quantitative estimate of drug-likeness (QED) is 0.714. The van der Waals surface area contributed by atoms with Gasteiger partial charge in [0.25, 0.3) is 0 Å². The molecule has 144 valence electrons. The SMILES string of the molecule is CC1CN(c2ccc3c(c2)OC(O)C(c2nc4ccccc4o2)=C3)C(C)CN1. The smallest absolute Gasteiger partial charge is 0.229 e. The molecule has 1 saturated heterocycles. The molecule has 1 fully saturated rings. The summed E-state index contributed by atoms with van der Waals surface area (Å²) in [5, 5.41) is 14.1. The number of ether oxygens (including phenoxy) is 1. The number of nitrogens with zero attached hydrogens (tertiary/aromatic N) is 2. The molecule has 2 N–H and O–H groups in total. The molecule has 0 bridgehead atoms. The fraction of sp³-hybridized carbons (Fsp3) is 0.318. The number of aliphatic hydroxyl groups is 1. The highest BCUT2D eigenvalue weighted by Gasteiger charge is 2.28. The van der Waals surface area contributed by atoms with Crippen molar-refractivity contribution in [3.63, 3.8) is 0 Å². The number of piperazine rings is 1. The van der Waals surface area contributed by atoms with Crippen molar-refractivity contribution in [2.45, 2.75) is 32.2 Å². The molecule has 0 amide bonds. The summed E-state index contributed by atoms with van der Waals surface area (Å²) in [7, 11) is 0. The van der Waals surface area contributed by atoms with Crippen molar-refractivity contribution in [1.82, 2.24) is 10.3 Å². The van der Waals surface area contributed by atoms with Gasteiger partial charge in [-0.3, -0.25) is 0 Å². The maximum absolute atomic E-state index is 10.6. The second-order valence-corrected chi connectivity index (χ2v) is 7.59. The molecule has 0 aliphatic carbocycles. The summed E-state index contributed by atoms with van der Waals surface area (Å²) in [4.78, 5) is 6.85. The van der Waals surface area contributed by atoms with E-state index in [4.69, 9.17) is 9.15 Å². The van der Waals surface area contributed by atoms with E-state index in [-0.39, 0.29) is 0 Å². The molecule has 0 saturated carbocycles. The first-order valence-corrected chi connectivity index (χ1v) is 9.65. The minimum Gasteiger partial charge on any atom is -0.460 e. The van der Waals surface area contributed by atoms with Crippen molar-refractivity contribution in [2.75, 3.05) is 18.0 Å². The average molecular weight is 377 g/mol. The van der Waals surface area contributed by atoms with E-state index in [1.165, 1.54) is 0 Å². The third-order valence-corrected chi connectivity index (χ3v) is 5.45. The lowest BCUT2D eigenvalue weighted by molar-refractivity contribution is 0.0306. The average Bonchev–Trinajstić information content (AvgIpc) is 3.13. The van der Waals surface area contributed by atoms with Crippen LogP contribution in [-0.2, 0) is 0 Å². The number of aromatic nitrogens is 1. The van der Waals surface area contributed by atoms with E-state index < -0.39 is 6.29 Å². The number of fused-ring (bicyclic) bond motifs is 2. The van der Waals surface area contributed by atoms with E-state index in [0.29, 0.717) is 34.9 Å². The molecular weight excluding hydrogens is 354 g/mol. The third-order valence-electron chi connectivity index (χ3n) is 5.45. The zero-order valence-electron chi connectivity index (χ0n) is 15.9. The van der Waals surface area contributed by atoms with Crippen LogP contribution in [0.15, 0.2) is 46.9 Å². The van der Waals surface area contributed by atoms with Crippen LogP contribution in [0, 0.1) is 0 Å². The number of para-hydroxylation sites is 2. The number of aliphatic hydroxyl groups excluding tert-OH is 1. The molecule has 2 aromatic carbocycles. The minimum atomic E-state index is -1.12. The molecule has 2 aliphatic rings. The van der Waals surface area contributed by atoms with E-state index in [1.54, 1.807) is 0 Å². The van der Waals surface area contributed by atoms with Crippen LogP contribution in [0.5, 0.6) is 5.75 Å². The van der Waals surface area contributed by atoms with Gasteiger partial charge in [0.1, 0.15) is 11.3 Å². The number of benzene rings is 2. The summed E-state index contributed by atoms with van der Waals surface area (Å²) in [6.07, 6.45) is 0.775. The number of rotatable bonds is 2. The van der Waals surface area contributed by atoms with Crippen molar-refractivity contribution in [2.24, 2.45) is 0 Å². The Kier molecular flexibility index (Phi) is 4.10. The van der Waals surface area contributed by atoms with Gasteiger partial charge >= 0.3 is 0 Å². The molecule has 3 unspecified atom stereocenters. The molecule has 2 aliphatic heterocycles. The fourth-order valence-electron chi connectivity index (χ4n) is 3.89. The number of oxazole rings is 1. The van der Waals surface area contributed by atoms with Gasteiger partial charge in [0.15, 0.2) is 5.58 Å². The predicted molar refractivity (Wildman–Crippen MR) is 109 cm³/mol. The van der Waals surface area contributed by atoms with Crippen molar-refractivity contribution in [1.29, 1.82) is 0 Å². The van der Waals surface area contributed by atoms with Crippen molar-refractivity contribution >= 4 is 28.4 Å². The number of nitrogens with one attached hydrogen (secondary N) is 1. The number of hydrogen-bond acceptors (Lipinski definition) is 6. The Balaban J connectivity index is 1.49. The molecule has 6 nitrogen and oxygen atoms in total. The highest BCUT2D eigenvalue weighted by Crippen LogP contribution is 2.37. The minimum absolute atomic E-state index is 0.382. The van der Waals surface area contributed by atoms with Crippen LogP contribution in [-0.4, -0.2) is 41.6 Å². The number of anilines is 1. The van der Waals surface area contributed by atoms with Crippen LogP contribution in [0.2, 0.25) is 0 Å². The van der Waals surface area contributed by atoms with Crippen molar-refractivity contribution in [3.05, 3.63) is 53.9 Å². The van der Waals surface area contributed by atoms with Gasteiger partial charge < -0.3 is 24.5 Å². The molecule has 0 spiro atoms. The van der Waals surface area contributed by atoms with Crippen LogP contribution < -0.4 is 15.0 Å². The summed E-state index contributed by atoms with van der Waals surface area (Å²) in [6.45, 7) is 6.28. The van der Waals surface area contributed by atoms with E-state index in [2.05, 4.69) is 35.1 Å². The molecular formula is C22H23N3O3. The van der Waals surface area contributed by atoms with Gasteiger partial charge in [-0.25, -0.2) is 4.98 Å². The second kappa shape index (κ2) is 6.65. The summed E-state index contributed by atoms with van der Waals surface area (Å²) in [5.41, 5.74) is 3.98. The Labute approximate surface area is 163 Å². The first kappa shape index (κ1) is 17.3. The van der Waals surface area contributed by atoms with E-state index in [0.717, 1.165) is 29.9 Å². The van der Waals surface area contributed by atoms with Gasteiger partial charge in [-0.1, -0.05) is 12.1 Å². The van der Waals surface area contributed by atoms with Gasteiger partial charge in [0.05, 0.1) is 5.57 Å². The molecule has 3 aromatic rings. The zero-order valence-corrected chi connectivity index (χ0v) is 15.9. The highest BCUT2D eigenvalue weighted by atomic mass is 16.6. The number of hydrogen-bond donors (Lipinski definition) is 2. The highest BCUT2D eigenvalue weighted by molar-refractivity contribution is 5.86. The topological polar surface area (TPSA) is 70.8 Å². The van der Waals surface area contributed by atoms with E-state index >= 15 is 0 Å². The Bertz CT molecular complexity index is 1030. The van der Waals surface area contributed by atoms with Gasteiger partial charge in [-0.2, -0.15) is 0 Å². The van der Waals surface area contributed by atoms with E-state index in [9.17, 15) is 5.11 Å². The lowest BCUT2D eigenvalue weighted by Crippen LogP contribution is -2.54. The standard InChI is InChI=1S/C22H23N3O3/c1-13-12-25(14(2)11-23-13)16-8-7-15-9-17(22(26)28-20(15)10-16)21-24-18-5-3-4-6-19(18)27-21/h3-10,13-14,22-23,26H,11-12H2,1-2H3. The molecule has 0 radical (unpaired) electrons. The maximum atomic E-state index is 10.6. The molecule has 28 heavy (non-hydrogen) atoms. The maximum Gasteiger partial charge on any atom is 0.229 e. The Morgan fingerprint density at radius 3 is 2.89 bits per heavy atom. The van der Waals surface area contributed by atoms with Gasteiger partial charge in [0, 0.05) is 42.5 Å². The van der Waals surface area contributed by atoms with Gasteiger partial charge in [0.2, 0.25) is 12.2 Å². The van der Waals surface area contributed by atoms with Crippen LogP contribution in [0.4, 0.5) is 5.69 Å². The summed E-state index contributed by atoms with van der Waals surface area (Å²) >= 11 is 0. The third kappa shape index (κ3) is 2.95. The first-order chi connectivity index (χ1) is 13.6. The van der Waals surface area contributed by atoms with Crippen molar-refractivity contribution in [3.8, 4) is 5.75 Å². The lowest BCUT2D eigenvalue weighted by atomic mass is 10.0. The lowest BCUT2D eigenvalue weighted by Gasteiger charge is -2.39. The Hall–Kier alpha value is -2.83.